The molecule has 0 unspecified atom stereocenters. The number of nitrogens with two attached hydrogens (primary N) is 1. The summed E-state index contributed by atoms with van der Waals surface area (Å²) in [6.07, 6.45) is -4.79. The number of hydrogen-bond acceptors (Lipinski definition) is 6. The number of nitrogens with one attached hydrogen (secondary N) is 2. The fourth-order valence-electron chi connectivity index (χ4n) is 3.11. The van der Waals surface area contributed by atoms with Crippen molar-refractivity contribution in [2.45, 2.75) is 13.1 Å². The average molecular weight is 487 g/mol. The van der Waals surface area contributed by atoms with Gasteiger partial charge in [0, 0.05) is 17.3 Å². The summed E-state index contributed by atoms with van der Waals surface area (Å²) in [5.41, 5.74) is 4.59. The van der Waals surface area contributed by atoms with Gasteiger partial charge in [0.1, 0.15) is 10.7 Å². The van der Waals surface area contributed by atoms with Gasteiger partial charge >= 0.3 is 6.18 Å². The van der Waals surface area contributed by atoms with E-state index >= 15 is 0 Å². The lowest BCUT2D eigenvalue weighted by atomic mass is 10.2. The van der Waals surface area contributed by atoms with Crippen molar-refractivity contribution < 1.29 is 22.8 Å². The van der Waals surface area contributed by atoms with Crippen molar-refractivity contribution in [2.24, 2.45) is 5.73 Å². The first-order valence-electron chi connectivity index (χ1n) is 9.63. The second-order valence-electron chi connectivity index (χ2n) is 7.08. The summed E-state index contributed by atoms with van der Waals surface area (Å²) in [6.45, 7) is 1.77. The van der Waals surface area contributed by atoms with Gasteiger partial charge < -0.3 is 11.1 Å². The molecule has 0 bridgehead atoms. The predicted molar refractivity (Wildman–Crippen MR) is 117 cm³/mol. The number of benzene rings is 2. The highest BCUT2D eigenvalue weighted by molar-refractivity contribution is 7.08. The number of halogens is 3. The van der Waals surface area contributed by atoms with Gasteiger partial charge in [0.25, 0.3) is 5.91 Å². The van der Waals surface area contributed by atoms with Gasteiger partial charge in [-0.1, -0.05) is 17.4 Å². The lowest BCUT2D eigenvalue weighted by Gasteiger charge is -2.10. The van der Waals surface area contributed by atoms with E-state index in [0.29, 0.717) is 22.4 Å². The zero-order valence-corrected chi connectivity index (χ0v) is 18.2. The molecule has 4 N–H and O–H groups in total. The van der Waals surface area contributed by atoms with E-state index in [9.17, 15) is 22.8 Å². The van der Waals surface area contributed by atoms with Crippen LogP contribution in [0.2, 0.25) is 0 Å². The van der Waals surface area contributed by atoms with Gasteiger partial charge in [-0.25, -0.2) is 9.36 Å². The van der Waals surface area contributed by atoms with E-state index in [1.54, 1.807) is 19.1 Å². The molecule has 4 rings (SSSR count). The number of aromatic nitrogens is 4. The number of amides is 2. The number of carbonyl (C=O) groups excluding carboxylic acids is 2. The summed E-state index contributed by atoms with van der Waals surface area (Å²) in [4.78, 5) is 24.6. The highest BCUT2D eigenvalue weighted by Gasteiger charge is 2.36. The van der Waals surface area contributed by atoms with E-state index in [1.807, 2.05) is 0 Å². The summed E-state index contributed by atoms with van der Waals surface area (Å²) >= 11 is 1.20. The summed E-state index contributed by atoms with van der Waals surface area (Å²) in [7, 11) is 0. The van der Waals surface area contributed by atoms with Crippen molar-refractivity contribution in [1.82, 2.24) is 19.6 Å². The van der Waals surface area contributed by atoms with Crippen LogP contribution in [0.4, 0.5) is 18.9 Å². The number of aryl methyl sites for hydroxylation is 1. The van der Waals surface area contributed by atoms with Gasteiger partial charge in [0.05, 0.1) is 11.4 Å². The van der Waals surface area contributed by atoms with Crippen LogP contribution in [0.25, 0.3) is 11.4 Å². The van der Waals surface area contributed by atoms with E-state index in [0.717, 1.165) is 4.68 Å². The Morgan fingerprint density at radius 3 is 2.32 bits per heavy atom. The molecular weight excluding hydrogens is 471 g/mol. The van der Waals surface area contributed by atoms with Crippen molar-refractivity contribution >= 4 is 28.8 Å². The molecule has 0 saturated carbocycles. The first-order valence-corrected chi connectivity index (χ1v) is 10.5. The van der Waals surface area contributed by atoms with Crippen LogP contribution in [-0.2, 0) is 6.18 Å². The Kier molecular flexibility index (Phi) is 5.79. The Hall–Kier alpha value is -4.26. The summed E-state index contributed by atoms with van der Waals surface area (Å²) < 4.78 is 42.2. The van der Waals surface area contributed by atoms with Crippen molar-refractivity contribution in [2.75, 3.05) is 5.32 Å². The normalized spacial score (nSPS) is 11.4. The fourth-order valence-corrected chi connectivity index (χ4v) is 3.75. The van der Waals surface area contributed by atoms with Crippen LogP contribution in [0.1, 0.15) is 31.5 Å². The molecule has 0 radical (unpaired) electrons. The van der Waals surface area contributed by atoms with Gasteiger partial charge in [0.15, 0.2) is 5.69 Å². The summed E-state index contributed by atoms with van der Waals surface area (Å²) in [5, 5.41) is 18.9. The first-order chi connectivity index (χ1) is 16.0. The number of primary amides is 1. The Balaban J connectivity index is 1.67. The van der Waals surface area contributed by atoms with Crippen LogP contribution in [-0.4, -0.2) is 31.4 Å². The number of anilines is 1. The molecule has 0 fully saturated rings. The second kappa shape index (κ2) is 8.59. The van der Waals surface area contributed by atoms with E-state index < -0.39 is 29.4 Å². The van der Waals surface area contributed by atoms with Crippen LogP contribution in [0, 0.1) is 12.3 Å². The monoisotopic (exact) mass is 487 g/mol. The quantitative estimate of drug-likeness (QED) is 0.399. The molecular formula is C21H16F3N7O2S. The maximum Gasteiger partial charge on any atom is 0.435 e. The fraction of sp³-hybridized carbons (Fsp3) is 0.0952. The highest BCUT2D eigenvalue weighted by atomic mass is 32.1. The van der Waals surface area contributed by atoms with Gasteiger partial charge in [0.2, 0.25) is 10.7 Å². The lowest BCUT2D eigenvalue weighted by molar-refractivity contribution is -0.141. The topological polar surface area (TPSA) is 132 Å². The molecule has 0 aliphatic rings. The molecule has 2 aromatic carbocycles. The maximum atomic E-state index is 13.3. The second-order valence-corrected chi connectivity index (χ2v) is 8.26. The molecule has 34 heavy (non-hydrogen) atoms. The smallest absolute Gasteiger partial charge is 0.366 e. The standard InChI is InChI=1S/C21H16F3N7O2S/c1-11-28-31(20(26)34-11)14-7-5-13(6-8-14)27-19(33)16-10-17(21(22,23)24)29-30(16)15-4-2-3-12(9-15)18(25)32/h2-10,26H,1H3,(H2,25,32)(H,27,33). The SMILES string of the molecule is Cc1nn(-c2ccc(NC(=O)c3cc(C(F)(F)F)nn3-c3cccc(C(N)=O)c3)cc2)c(=N)s1. The number of carbonyl (C=O) groups is 2. The Labute approximate surface area is 193 Å². The molecule has 0 atom stereocenters. The Bertz CT molecular complexity index is 1450. The molecule has 9 nitrogen and oxygen atoms in total. The molecule has 13 heteroatoms. The number of nitrogens with zero attached hydrogens (tertiary/aromatic N) is 4. The summed E-state index contributed by atoms with van der Waals surface area (Å²) in [5.74, 6) is -1.63. The third-order valence-corrected chi connectivity index (χ3v) is 5.40. The average Bonchev–Trinajstić information content (AvgIpc) is 3.38. The van der Waals surface area contributed by atoms with Gasteiger partial charge in [-0.05, 0) is 49.4 Å². The minimum absolute atomic E-state index is 0.0482. The summed E-state index contributed by atoms with van der Waals surface area (Å²) in [6, 6.07) is 12.4. The van der Waals surface area contributed by atoms with Crippen molar-refractivity contribution in [3.8, 4) is 11.4 Å². The van der Waals surface area contributed by atoms with Gasteiger partial charge in [-0.3, -0.25) is 15.0 Å². The van der Waals surface area contributed by atoms with Crippen LogP contribution >= 0.6 is 11.3 Å². The molecule has 0 spiro atoms. The first kappa shape index (κ1) is 22.9. The number of rotatable bonds is 5. The molecule has 0 aliphatic carbocycles. The third kappa shape index (κ3) is 4.59. The van der Waals surface area contributed by atoms with Crippen molar-refractivity contribution in [3.05, 3.63) is 81.4 Å². The third-order valence-electron chi connectivity index (χ3n) is 4.65. The molecule has 0 aliphatic heterocycles. The zero-order chi connectivity index (χ0) is 24.6. The van der Waals surface area contributed by atoms with Crippen LogP contribution in [0.5, 0.6) is 0 Å². The van der Waals surface area contributed by atoms with Crippen molar-refractivity contribution in [3.63, 3.8) is 0 Å². The molecule has 2 aromatic heterocycles. The van der Waals surface area contributed by atoms with Crippen LogP contribution in [0.3, 0.4) is 0 Å². The largest absolute Gasteiger partial charge is 0.435 e. The molecule has 174 valence electrons. The van der Waals surface area contributed by atoms with Crippen LogP contribution in [0.15, 0.2) is 54.6 Å². The van der Waals surface area contributed by atoms with Gasteiger partial charge in [-0.15, -0.1) is 0 Å². The number of alkyl halides is 3. The highest BCUT2D eigenvalue weighted by Crippen LogP contribution is 2.30. The van der Waals surface area contributed by atoms with E-state index in [4.69, 9.17) is 11.1 Å². The minimum Gasteiger partial charge on any atom is -0.366 e. The molecule has 2 amide bonds. The zero-order valence-electron chi connectivity index (χ0n) is 17.4. The van der Waals surface area contributed by atoms with Crippen LogP contribution < -0.4 is 15.9 Å². The van der Waals surface area contributed by atoms with Gasteiger partial charge in [-0.2, -0.15) is 23.4 Å². The van der Waals surface area contributed by atoms with E-state index in [1.165, 1.54) is 52.4 Å². The molecule has 0 saturated heterocycles. The molecule has 2 heterocycles. The van der Waals surface area contributed by atoms with Crippen molar-refractivity contribution in [1.29, 1.82) is 5.41 Å². The maximum absolute atomic E-state index is 13.3. The number of hydrogen-bond donors (Lipinski definition) is 3. The lowest BCUT2D eigenvalue weighted by Crippen LogP contribution is -2.18. The molecule has 4 aromatic rings. The van der Waals surface area contributed by atoms with E-state index in [-0.39, 0.29) is 16.1 Å². The minimum atomic E-state index is -4.79. The van der Waals surface area contributed by atoms with E-state index in [2.05, 4.69) is 15.5 Å². The predicted octanol–water partition coefficient (Wildman–Crippen LogP) is 3.28. The Morgan fingerprint density at radius 1 is 1.03 bits per heavy atom. The Morgan fingerprint density at radius 2 is 1.74 bits per heavy atom.